The molecule has 32 heavy (non-hydrogen) atoms. The standard InChI is InChI=1S/C24H26BrNO6/c1-26-8-7-14(17(26)12-27)22-20(30-3)11-21(31-4)23-18(28)10-19(32-24(22)23)15-9-13(29-2)5-6-16(15)25/h5-6,9-11,14,17,27H,7-8,12H2,1-4H3/t14-,17+/m0/s1. The van der Waals surface area contributed by atoms with Crippen LogP contribution < -0.4 is 19.6 Å². The van der Waals surface area contributed by atoms with Crippen molar-refractivity contribution in [2.45, 2.75) is 18.4 Å². The Morgan fingerprint density at radius 3 is 2.53 bits per heavy atom. The molecule has 1 saturated heterocycles. The Morgan fingerprint density at radius 2 is 1.88 bits per heavy atom. The van der Waals surface area contributed by atoms with E-state index in [2.05, 4.69) is 20.8 Å². The van der Waals surface area contributed by atoms with Crippen LogP contribution in [0.5, 0.6) is 17.2 Å². The molecular formula is C24H26BrNO6. The van der Waals surface area contributed by atoms with Gasteiger partial charge in [0, 0.05) is 39.7 Å². The van der Waals surface area contributed by atoms with Gasteiger partial charge in [-0.25, -0.2) is 0 Å². The summed E-state index contributed by atoms with van der Waals surface area (Å²) in [6.07, 6.45) is 0.802. The molecule has 0 unspecified atom stereocenters. The van der Waals surface area contributed by atoms with E-state index in [1.54, 1.807) is 20.3 Å². The minimum atomic E-state index is -0.219. The van der Waals surface area contributed by atoms with E-state index in [-0.39, 0.29) is 24.0 Å². The Morgan fingerprint density at radius 1 is 1.12 bits per heavy atom. The number of aliphatic hydroxyl groups excluding tert-OH is 1. The summed E-state index contributed by atoms with van der Waals surface area (Å²) >= 11 is 3.55. The van der Waals surface area contributed by atoms with Gasteiger partial charge in [0.05, 0.1) is 27.9 Å². The Hall–Kier alpha value is -2.55. The maximum absolute atomic E-state index is 13.3. The maximum atomic E-state index is 13.3. The summed E-state index contributed by atoms with van der Waals surface area (Å²) < 4.78 is 23.8. The smallest absolute Gasteiger partial charge is 0.197 e. The number of rotatable bonds is 6. The molecule has 1 aliphatic heterocycles. The number of benzene rings is 2. The average Bonchev–Trinajstić information content (AvgIpc) is 3.17. The van der Waals surface area contributed by atoms with Gasteiger partial charge in [-0.15, -0.1) is 0 Å². The van der Waals surface area contributed by atoms with E-state index in [4.69, 9.17) is 18.6 Å². The highest BCUT2D eigenvalue weighted by atomic mass is 79.9. The first-order valence-electron chi connectivity index (χ1n) is 10.3. The van der Waals surface area contributed by atoms with Crippen LogP contribution in [0.4, 0.5) is 0 Å². The fourth-order valence-corrected chi connectivity index (χ4v) is 4.98. The summed E-state index contributed by atoms with van der Waals surface area (Å²) in [6, 6.07) is 8.56. The SMILES string of the molecule is COc1ccc(Br)c(-c2cc(=O)c3c(OC)cc(OC)c([C@H]4CCN(C)[C@@H]4CO)c3o2)c1. The molecule has 0 saturated carbocycles. The number of ether oxygens (including phenoxy) is 3. The second-order valence-corrected chi connectivity index (χ2v) is 8.70. The molecule has 1 N–H and O–H groups in total. The molecule has 2 atom stereocenters. The zero-order valence-corrected chi connectivity index (χ0v) is 20.1. The molecular weight excluding hydrogens is 478 g/mol. The third-order valence-electron chi connectivity index (χ3n) is 6.23. The van der Waals surface area contributed by atoms with Crippen LogP contribution >= 0.6 is 15.9 Å². The van der Waals surface area contributed by atoms with Crippen molar-refractivity contribution in [3.8, 4) is 28.6 Å². The molecule has 1 fully saturated rings. The van der Waals surface area contributed by atoms with Crippen molar-refractivity contribution in [3.05, 3.63) is 50.6 Å². The van der Waals surface area contributed by atoms with Crippen LogP contribution in [-0.2, 0) is 0 Å². The van der Waals surface area contributed by atoms with Crippen molar-refractivity contribution in [2.75, 3.05) is 41.5 Å². The quantitative estimate of drug-likeness (QED) is 0.543. The van der Waals surface area contributed by atoms with Gasteiger partial charge in [-0.2, -0.15) is 0 Å². The van der Waals surface area contributed by atoms with Crippen LogP contribution in [-0.4, -0.2) is 57.6 Å². The van der Waals surface area contributed by atoms with Crippen molar-refractivity contribution in [2.24, 2.45) is 0 Å². The van der Waals surface area contributed by atoms with E-state index in [1.807, 2.05) is 25.2 Å². The summed E-state index contributed by atoms with van der Waals surface area (Å²) in [5.41, 5.74) is 1.66. The number of aliphatic hydroxyl groups is 1. The van der Waals surface area contributed by atoms with Crippen LogP contribution in [0, 0.1) is 0 Å². The van der Waals surface area contributed by atoms with E-state index in [9.17, 15) is 9.90 Å². The number of nitrogens with zero attached hydrogens (tertiary/aromatic N) is 1. The van der Waals surface area contributed by atoms with Crippen molar-refractivity contribution >= 4 is 26.9 Å². The van der Waals surface area contributed by atoms with Crippen LogP contribution in [0.3, 0.4) is 0 Å². The fourth-order valence-electron chi connectivity index (χ4n) is 4.54. The first-order chi connectivity index (χ1) is 15.4. The van der Waals surface area contributed by atoms with Crippen molar-refractivity contribution < 1.29 is 23.7 Å². The summed E-state index contributed by atoms with van der Waals surface area (Å²) in [7, 11) is 6.66. The van der Waals surface area contributed by atoms with Gasteiger partial charge in [-0.3, -0.25) is 4.79 Å². The van der Waals surface area contributed by atoms with Gasteiger partial charge in [0.2, 0.25) is 0 Å². The van der Waals surface area contributed by atoms with Gasteiger partial charge in [0.1, 0.15) is 34.0 Å². The van der Waals surface area contributed by atoms with E-state index in [0.717, 1.165) is 23.0 Å². The molecule has 2 heterocycles. The normalized spacial score (nSPS) is 18.8. The number of halogens is 1. The third-order valence-corrected chi connectivity index (χ3v) is 6.92. The first kappa shape index (κ1) is 22.6. The largest absolute Gasteiger partial charge is 0.497 e. The highest BCUT2D eigenvalue weighted by molar-refractivity contribution is 9.10. The zero-order valence-electron chi connectivity index (χ0n) is 18.5. The van der Waals surface area contributed by atoms with Crippen LogP contribution in [0.1, 0.15) is 17.9 Å². The predicted octanol–water partition coefficient (Wildman–Crippen LogP) is 4.03. The van der Waals surface area contributed by atoms with Gasteiger partial charge in [-0.05, 0) is 38.2 Å². The minimum absolute atomic E-state index is 0.0107. The number of methoxy groups -OCH3 is 3. The second-order valence-electron chi connectivity index (χ2n) is 7.85. The van der Waals surface area contributed by atoms with Crippen molar-refractivity contribution in [3.63, 3.8) is 0 Å². The summed E-state index contributed by atoms with van der Waals surface area (Å²) in [5.74, 6) is 1.93. The van der Waals surface area contributed by atoms with E-state index >= 15 is 0 Å². The molecule has 1 aromatic heterocycles. The molecule has 8 heteroatoms. The van der Waals surface area contributed by atoms with E-state index < -0.39 is 0 Å². The van der Waals surface area contributed by atoms with Gasteiger partial charge in [0.25, 0.3) is 0 Å². The molecule has 0 spiro atoms. The highest BCUT2D eigenvalue weighted by Crippen LogP contribution is 2.45. The first-order valence-corrected chi connectivity index (χ1v) is 11.1. The van der Waals surface area contributed by atoms with E-state index in [0.29, 0.717) is 39.5 Å². The molecule has 7 nitrogen and oxygen atoms in total. The monoisotopic (exact) mass is 503 g/mol. The molecule has 2 aromatic carbocycles. The molecule has 0 radical (unpaired) electrons. The number of likely N-dealkylation sites (tertiary alicyclic amines) is 1. The topological polar surface area (TPSA) is 81.4 Å². The summed E-state index contributed by atoms with van der Waals surface area (Å²) in [6.45, 7) is 0.807. The minimum Gasteiger partial charge on any atom is -0.497 e. The number of fused-ring (bicyclic) bond motifs is 1. The number of hydrogen-bond acceptors (Lipinski definition) is 7. The van der Waals surface area contributed by atoms with Crippen molar-refractivity contribution in [1.29, 1.82) is 0 Å². The summed E-state index contributed by atoms with van der Waals surface area (Å²) in [4.78, 5) is 15.4. The Labute approximate surface area is 194 Å². The van der Waals surface area contributed by atoms with Gasteiger partial charge in [0.15, 0.2) is 5.43 Å². The second kappa shape index (κ2) is 9.13. The molecule has 0 aliphatic carbocycles. The molecule has 170 valence electrons. The van der Waals surface area contributed by atoms with Gasteiger partial charge >= 0.3 is 0 Å². The molecule has 1 aliphatic rings. The number of hydrogen-bond donors (Lipinski definition) is 1. The highest BCUT2D eigenvalue weighted by Gasteiger charge is 2.37. The van der Waals surface area contributed by atoms with E-state index in [1.165, 1.54) is 13.2 Å². The predicted molar refractivity (Wildman–Crippen MR) is 126 cm³/mol. The molecule has 4 rings (SSSR count). The van der Waals surface area contributed by atoms with Crippen molar-refractivity contribution in [1.82, 2.24) is 4.90 Å². The average molecular weight is 504 g/mol. The zero-order chi connectivity index (χ0) is 23.0. The Balaban J connectivity index is 2.06. The lowest BCUT2D eigenvalue weighted by atomic mass is 9.89. The van der Waals surface area contributed by atoms with Crippen LogP contribution in [0.25, 0.3) is 22.3 Å². The molecule has 0 amide bonds. The fraction of sp³-hybridized carbons (Fsp3) is 0.375. The van der Waals surface area contributed by atoms with Gasteiger partial charge in [-0.1, -0.05) is 15.9 Å². The van der Waals surface area contributed by atoms with Crippen LogP contribution in [0.15, 0.2) is 44.0 Å². The third kappa shape index (κ3) is 3.76. The maximum Gasteiger partial charge on any atom is 0.197 e. The van der Waals surface area contributed by atoms with Crippen LogP contribution in [0.2, 0.25) is 0 Å². The lowest BCUT2D eigenvalue weighted by molar-refractivity contribution is 0.171. The lowest BCUT2D eigenvalue weighted by Crippen LogP contribution is -2.32. The van der Waals surface area contributed by atoms with Gasteiger partial charge < -0.3 is 28.6 Å². The molecule has 3 aromatic rings. The number of likely N-dealkylation sites (N-methyl/N-ethyl adjacent to an activating group) is 1. The lowest BCUT2D eigenvalue weighted by Gasteiger charge is -2.25. The molecule has 0 bridgehead atoms. The Bertz CT molecular complexity index is 1210. The Kier molecular flexibility index (Phi) is 6.46. The summed E-state index contributed by atoms with van der Waals surface area (Å²) in [5, 5.41) is 10.4.